The molecular formula is C11H17FN2. The summed E-state index contributed by atoms with van der Waals surface area (Å²) in [4.78, 5) is 0. The minimum Gasteiger partial charge on any atom is -0.329 e. The van der Waals surface area contributed by atoms with E-state index in [0.717, 1.165) is 18.4 Å². The summed E-state index contributed by atoms with van der Waals surface area (Å²) in [7, 11) is 0. The number of hydrogen-bond acceptors (Lipinski definition) is 2. The fourth-order valence-electron chi connectivity index (χ4n) is 1.18. The predicted octanol–water partition coefficient (Wildman–Crippen LogP) is 1.43. The number of aryl methyl sites for hydroxylation is 1. The average molecular weight is 196 g/mol. The quantitative estimate of drug-likeness (QED) is 0.765. The lowest BCUT2D eigenvalue weighted by Crippen LogP contribution is -2.44. The van der Waals surface area contributed by atoms with Crippen LogP contribution in [0.3, 0.4) is 0 Å². The molecule has 0 aliphatic rings. The molecule has 0 heterocycles. The molecule has 1 atom stereocenters. The maximum atomic E-state index is 12.6. The van der Waals surface area contributed by atoms with Crippen molar-refractivity contribution in [1.29, 1.82) is 0 Å². The highest BCUT2D eigenvalue weighted by Crippen LogP contribution is 2.11. The summed E-state index contributed by atoms with van der Waals surface area (Å²) in [5.74, 6) is -0.205. The van der Waals surface area contributed by atoms with Gasteiger partial charge in [-0.05, 0) is 37.5 Å². The van der Waals surface area contributed by atoms with Crippen LogP contribution in [0.25, 0.3) is 0 Å². The molecule has 0 saturated heterocycles. The Bertz CT molecular complexity index is 280. The van der Waals surface area contributed by atoms with E-state index in [0.29, 0.717) is 6.54 Å². The molecule has 0 bridgehead atoms. The van der Waals surface area contributed by atoms with E-state index in [1.807, 2.05) is 6.92 Å². The van der Waals surface area contributed by atoms with Crippen molar-refractivity contribution in [2.75, 3.05) is 6.54 Å². The van der Waals surface area contributed by atoms with E-state index in [-0.39, 0.29) is 11.4 Å². The van der Waals surface area contributed by atoms with E-state index in [1.165, 1.54) is 12.1 Å². The van der Waals surface area contributed by atoms with E-state index >= 15 is 0 Å². The number of rotatable bonds is 4. The molecule has 1 unspecified atom stereocenters. The first-order valence-electron chi connectivity index (χ1n) is 4.77. The minimum atomic E-state index is -0.325. The smallest absolute Gasteiger partial charge is 0.123 e. The van der Waals surface area contributed by atoms with E-state index in [1.54, 1.807) is 12.1 Å². The van der Waals surface area contributed by atoms with Crippen molar-refractivity contribution in [3.05, 3.63) is 35.6 Å². The Morgan fingerprint density at radius 1 is 1.29 bits per heavy atom. The van der Waals surface area contributed by atoms with Crippen molar-refractivity contribution in [2.45, 2.75) is 25.3 Å². The molecule has 1 aromatic carbocycles. The number of halogens is 1. The summed E-state index contributed by atoms with van der Waals surface area (Å²) in [6.45, 7) is 2.39. The topological polar surface area (TPSA) is 52.0 Å². The van der Waals surface area contributed by atoms with Crippen LogP contribution in [0.15, 0.2) is 24.3 Å². The largest absolute Gasteiger partial charge is 0.329 e. The molecule has 1 rings (SSSR count). The van der Waals surface area contributed by atoms with Crippen molar-refractivity contribution in [1.82, 2.24) is 0 Å². The molecule has 0 amide bonds. The fourth-order valence-corrected chi connectivity index (χ4v) is 1.18. The fraction of sp³-hybridized carbons (Fsp3) is 0.455. The Balaban J connectivity index is 2.50. The molecule has 14 heavy (non-hydrogen) atoms. The van der Waals surface area contributed by atoms with E-state index < -0.39 is 0 Å². The van der Waals surface area contributed by atoms with Gasteiger partial charge in [0, 0.05) is 12.1 Å². The summed E-state index contributed by atoms with van der Waals surface area (Å²) in [5, 5.41) is 0. The normalized spacial score (nSPS) is 15.1. The Labute approximate surface area is 84.1 Å². The predicted molar refractivity (Wildman–Crippen MR) is 56.4 cm³/mol. The van der Waals surface area contributed by atoms with E-state index in [4.69, 9.17) is 11.5 Å². The number of benzene rings is 1. The zero-order valence-corrected chi connectivity index (χ0v) is 8.46. The molecule has 0 saturated carbocycles. The zero-order chi connectivity index (χ0) is 10.6. The van der Waals surface area contributed by atoms with Crippen LogP contribution >= 0.6 is 0 Å². The van der Waals surface area contributed by atoms with Gasteiger partial charge in [0.1, 0.15) is 5.82 Å². The molecule has 2 nitrogen and oxygen atoms in total. The first-order valence-corrected chi connectivity index (χ1v) is 4.77. The van der Waals surface area contributed by atoms with Gasteiger partial charge in [0.15, 0.2) is 0 Å². The molecule has 1 aromatic rings. The Kier molecular flexibility index (Phi) is 3.61. The second-order valence-electron chi connectivity index (χ2n) is 3.98. The molecule has 0 radical (unpaired) electrons. The van der Waals surface area contributed by atoms with Crippen LogP contribution in [0.5, 0.6) is 0 Å². The summed E-state index contributed by atoms with van der Waals surface area (Å²) in [5.41, 5.74) is 12.2. The molecule has 0 fully saturated rings. The summed E-state index contributed by atoms with van der Waals surface area (Å²) in [6.07, 6.45) is 1.65. The van der Waals surface area contributed by atoms with Crippen molar-refractivity contribution < 1.29 is 4.39 Å². The number of hydrogen-bond donors (Lipinski definition) is 2. The van der Waals surface area contributed by atoms with Gasteiger partial charge in [-0.25, -0.2) is 4.39 Å². The standard InChI is InChI=1S/C11H17FN2/c1-11(14,8-13)7-6-9-2-4-10(12)5-3-9/h2-5H,6-8,13-14H2,1H3. The third kappa shape index (κ3) is 3.44. The summed E-state index contributed by atoms with van der Waals surface area (Å²) in [6, 6.07) is 6.49. The van der Waals surface area contributed by atoms with Gasteiger partial charge in [0.2, 0.25) is 0 Å². The molecule has 0 aliphatic carbocycles. The van der Waals surface area contributed by atoms with E-state index in [9.17, 15) is 4.39 Å². The van der Waals surface area contributed by atoms with Crippen molar-refractivity contribution in [3.8, 4) is 0 Å². The molecule has 78 valence electrons. The van der Waals surface area contributed by atoms with Gasteiger partial charge in [0.25, 0.3) is 0 Å². The van der Waals surface area contributed by atoms with Crippen LogP contribution in [0, 0.1) is 5.82 Å². The average Bonchev–Trinajstić information content (AvgIpc) is 2.17. The van der Waals surface area contributed by atoms with Crippen LogP contribution in [-0.2, 0) is 6.42 Å². The third-order valence-corrected chi connectivity index (χ3v) is 2.36. The van der Waals surface area contributed by atoms with Crippen molar-refractivity contribution in [3.63, 3.8) is 0 Å². The Morgan fingerprint density at radius 2 is 1.86 bits per heavy atom. The zero-order valence-electron chi connectivity index (χ0n) is 8.46. The van der Waals surface area contributed by atoms with Gasteiger partial charge in [-0.2, -0.15) is 0 Å². The van der Waals surface area contributed by atoms with Crippen molar-refractivity contribution in [2.24, 2.45) is 11.5 Å². The SMILES string of the molecule is CC(N)(CN)CCc1ccc(F)cc1. The Morgan fingerprint density at radius 3 is 2.36 bits per heavy atom. The molecular weight excluding hydrogens is 179 g/mol. The van der Waals surface area contributed by atoms with Gasteiger partial charge < -0.3 is 11.5 Å². The van der Waals surface area contributed by atoms with E-state index in [2.05, 4.69) is 0 Å². The molecule has 4 N–H and O–H groups in total. The molecule has 0 aliphatic heterocycles. The highest BCUT2D eigenvalue weighted by atomic mass is 19.1. The molecule has 3 heteroatoms. The van der Waals surface area contributed by atoms with Gasteiger partial charge in [-0.15, -0.1) is 0 Å². The van der Waals surface area contributed by atoms with Gasteiger partial charge in [-0.3, -0.25) is 0 Å². The first-order chi connectivity index (χ1) is 6.53. The highest BCUT2D eigenvalue weighted by molar-refractivity contribution is 5.16. The number of nitrogens with two attached hydrogens (primary N) is 2. The first kappa shape index (κ1) is 11.1. The molecule has 0 aromatic heterocycles. The van der Waals surface area contributed by atoms with Crippen LogP contribution in [0.4, 0.5) is 4.39 Å². The Hall–Kier alpha value is -0.930. The maximum absolute atomic E-state index is 12.6. The second-order valence-corrected chi connectivity index (χ2v) is 3.98. The lowest BCUT2D eigenvalue weighted by Gasteiger charge is -2.22. The maximum Gasteiger partial charge on any atom is 0.123 e. The monoisotopic (exact) mass is 196 g/mol. The summed E-state index contributed by atoms with van der Waals surface area (Å²) < 4.78 is 12.6. The minimum absolute atomic E-state index is 0.205. The third-order valence-electron chi connectivity index (χ3n) is 2.36. The van der Waals surface area contributed by atoms with Crippen LogP contribution in [0.2, 0.25) is 0 Å². The highest BCUT2D eigenvalue weighted by Gasteiger charge is 2.15. The lowest BCUT2D eigenvalue weighted by molar-refractivity contribution is 0.443. The van der Waals surface area contributed by atoms with Crippen molar-refractivity contribution >= 4 is 0 Å². The molecule has 0 spiro atoms. The second kappa shape index (κ2) is 4.53. The van der Waals surface area contributed by atoms with Crippen LogP contribution in [-0.4, -0.2) is 12.1 Å². The van der Waals surface area contributed by atoms with Gasteiger partial charge in [-0.1, -0.05) is 12.1 Å². The van der Waals surface area contributed by atoms with Crippen LogP contribution < -0.4 is 11.5 Å². The van der Waals surface area contributed by atoms with Crippen LogP contribution in [0.1, 0.15) is 18.9 Å². The summed E-state index contributed by atoms with van der Waals surface area (Å²) >= 11 is 0. The van der Waals surface area contributed by atoms with Gasteiger partial charge in [0.05, 0.1) is 0 Å². The van der Waals surface area contributed by atoms with Gasteiger partial charge >= 0.3 is 0 Å². The lowest BCUT2D eigenvalue weighted by atomic mass is 9.94.